The molecular formula is C32H33NO6S2. The van der Waals surface area contributed by atoms with E-state index in [1.165, 1.54) is 35.0 Å². The molecule has 0 radical (unpaired) electrons. The highest BCUT2D eigenvalue weighted by molar-refractivity contribution is 7.87. The molecule has 5 aromatic rings. The predicted octanol–water partition coefficient (Wildman–Crippen LogP) is 6.62. The third-order valence-electron chi connectivity index (χ3n) is 7.21. The lowest BCUT2D eigenvalue weighted by molar-refractivity contribution is 0.174. The zero-order valence-corrected chi connectivity index (χ0v) is 24.7. The Labute approximate surface area is 241 Å². The lowest BCUT2D eigenvalue weighted by Crippen LogP contribution is -2.22. The summed E-state index contributed by atoms with van der Waals surface area (Å²) in [6, 6.07) is 29.3. The average molecular weight is 592 g/mol. The van der Waals surface area contributed by atoms with Crippen molar-refractivity contribution in [2.45, 2.75) is 43.0 Å². The number of nitrogens with zero attached hydrogens (tertiary/aromatic N) is 1. The molecular weight excluding hydrogens is 558 g/mol. The molecule has 0 aliphatic heterocycles. The first-order valence-corrected chi connectivity index (χ1v) is 16.3. The zero-order chi connectivity index (χ0) is 29.0. The largest absolute Gasteiger partial charge is 0.340 e. The van der Waals surface area contributed by atoms with E-state index in [1.807, 2.05) is 38.1 Å². The first-order chi connectivity index (χ1) is 19.6. The van der Waals surface area contributed by atoms with Gasteiger partial charge >= 0.3 is 0 Å². The second-order valence-electron chi connectivity index (χ2n) is 10.3. The Bertz CT molecular complexity index is 1730. The van der Waals surface area contributed by atoms with Crippen LogP contribution in [0.3, 0.4) is 0 Å². The number of para-hydroxylation sites is 2. The number of hydrogen-bond acceptors (Lipinski definition) is 6. The van der Waals surface area contributed by atoms with Crippen molar-refractivity contribution in [3.05, 3.63) is 108 Å². The third-order valence-corrected chi connectivity index (χ3v) is 9.80. The highest BCUT2D eigenvalue weighted by atomic mass is 32.2. The summed E-state index contributed by atoms with van der Waals surface area (Å²) < 4.78 is 64.6. The summed E-state index contributed by atoms with van der Waals surface area (Å²) in [6.45, 7) is 4.01. The minimum atomic E-state index is -4.02. The molecule has 0 saturated carbocycles. The summed E-state index contributed by atoms with van der Waals surface area (Å²) in [4.78, 5) is 0.112. The zero-order valence-electron chi connectivity index (χ0n) is 23.1. The fraction of sp³-hybridized carbons (Fsp3) is 0.250. The first kappa shape index (κ1) is 29.0. The van der Waals surface area contributed by atoms with Crippen LogP contribution >= 0.6 is 0 Å². The Balaban J connectivity index is 1.33. The van der Waals surface area contributed by atoms with E-state index in [0.717, 1.165) is 22.2 Å². The quantitative estimate of drug-likeness (QED) is 0.152. The smallest absolute Gasteiger partial charge is 0.296 e. The third kappa shape index (κ3) is 6.70. The summed E-state index contributed by atoms with van der Waals surface area (Å²) in [5.41, 5.74) is 4.09. The fourth-order valence-corrected chi connectivity index (χ4v) is 6.87. The number of aromatic nitrogens is 1. The lowest BCUT2D eigenvalue weighted by atomic mass is 10.1. The van der Waals surface area contributed by atoms with Crippen molar-refractivity contribution in [2.75, 3.05) is 13.2 Å². The number of rotatable bonds is 12. The monoisotopic (exact) mass is 591 g/mol. The number of aryl methyl sites for hydroxylation is 3. The van der Waals surface area contributed by atoms with Crippen LogP contribution in [0.15, 0.2) is 107 Å². The summed E-state index contributed by atoms with van der Waals surface area (Å²) in [6.07, 6.45) is 1.16. The topological polar surface area (TPSA) is 91.7 Å². The van der Waals surface area contributed by atoms with Crippen molar-refractivity contribution >= 4 is 42.0 Å². The minimum Gasteiger partial charge on any atom is -0.340 e. The van der Waals surface area contributed by atoms with Crippen LogP contribution in [0.4, 0.5) is 0 Å². The number of fused-ring (bicyclic) bond motifs is 3. The van der Waals surface area contributed by atoms with Gasteiger partial charge in [0, 0.05) is 34.3 Å². The second kappa shape index (κ2) is 12.2. The highest BCUT2D eigenvalue weighted by Crippen LogP contribution is 2.29. The maximum absolute atomic E-state index is 12.9. The van der Waals surface area contributed by atoms with Gasteiger partial charge in [0.1, 0.15) is 0 Å². The highest BCUT2D eigenvalue weighted by Gasteiger charge is 2.23. The molecule has 0 bridgehead atoms. The molecule has 9 heteroatoms. The summed E-state index contributed by atoms with van der Waals surface area (Å²) >= 11 is 0. The molecule has 0 N–H and O–H groups in total. The van der Waals surface area contributed by atoms with Crippen molar-refractivity contribution in [3.8, 4) is 0 Å². The van der Waals surface area contributed by atoms with Crippen molar-refractivity contribution in [2.24, 2.45) is 5.92 Å². The SMILES string of the molecule is Cc1ccc(S(=O)(=O)OCC(CCCn2c3ccccc3c3ccccc32)COS(=O)(=O)c2ccc(C)cc2)cc1. The summed E-state index contributed by atoms with van der Waals surface area (Å²) in [5.74, 6) is -0.483. The van der Waals surface area contributed by atoms with Gasteiger partial charge < -0.3 is 4.57 Å². The van der Waals surface area contributed by atoms with E-state index in [-0.39, 0.29) is 23.0 Å². The molecule has 41 heavy (non-hydrogen) atoms. The molecule has 0 amide bonds. The van der Waals surface area contributed by atoms with E-state index in [1.54, 1.807) is 24.3 Å². The minimum absolute atomic E-state index is 0.0559. The average Bonchev–Trinajstić information content (AvgIpc) is 3.28. The van der Waals surface area contributed by atoms with E-state index < -0.39 is 26.2 Å². The van der Waals surface area contributed by atoms with Crippen molar-refractivity contribution < 1.29 is 25.2 Å². The number of benzene rings is 4. The van der Waals surface area contributed by atoms with Gasteiger partial charge in [0.2, 0.25) is 0 Å². The summed E-state index contributed by atoms with van der Waals surface area (Å²) in [5, 5.41) is 2.33. The van der Waals surface area contributed by atoms with E-state index in [2.05, 4.69) is 28.8 Å². The van der Waals surface area contributed by atoms with Crippen LogP contribution in [0.25, 0.3) is 21.8 Å². The Morgan fingerprint density at radius 1 is 0.610 bits per heavy atom. The van der Waals surface area contributed by atoms with Crippen molar-refractivity contribution in [1.29, 1.82) is 0 Å². The van der Waals surface area contributed by atoms with Gasteiger partial charge in [-0.3, -0.25) is 8.37 Å². The van der Waals surface area contributed by atoms with Gasteiger partial charge in [-0.15, -0.1) is 0 Å². The Morgan fingerprint density at radius 3 is 1.46 bits per heavy atom. The van der Waals surface area contributed by atoms with Crippen LogP contribution in [0.5, 0.6) is 0 Å². The van der Waals surface area contributed by atoms with Gasteiger partial charge in [0.25, 0.3) is 20.2 Å². The molecule has 0 aliphatic carbocycles. The maximum Gasteiger partial charge on any atom is 0.296 e. The van der Waals surface area contributed by atoms with Gasteiger partial charge in [0.05, 0.1) is 23.0 Å². The van der Waals surface area contributed by atoms with Gasteiger partial charge in [-0.1, -0.05) is 71.8 Å². The number of hydrogen-bond donors (Lipinski definition) is 0. The molecule has 4 aromatic carbocycles. The molecule has 1 heterocycles. The van der Waals surface area contributed by atoms with Crippen molar-refractivity contribution in [3.63, 3.8) is 0 Å². The van der Waals surface area contributed by atoms with E-state index in [4.69, 9.17) is 8.37 Å². The van der Waals surface area contributed by atoms with E-state index >= 15 is 0 Å². The molecule has 0 unspecified atom stereocenters. The second-order valence-corrected chi connectivity index (χ2v) is 13.5. The standard InChI is InChI=1S/C32H33NO6S2/c1-24-13-17-27(18-14-24)40(34,35)38-22-26(23-39-41(36,37)28-19-15-25(2)16-20-28)8-7-21-33-31-11-5-3-9-29(31)30-10-4-6-12-32(30)33/h3-6,9-20,26H,7-8,21-23H2,1-2H3. The molecule has 214 valence electrons. The Kier molecular flexibility index (Phi) is 8.60. The molecule has 5 rings (SSSR count). The molecule has 0 spiro atoms. The van der Waals surface area contributed by atoms with Gasteiger partial charge in [-0.2, -0.15) is 16.8 Å². The molecule has 7 nitrogen and oxygen atoms in total. The summed E-state index contributed by atoms with van der Waals surface area (Å²) in [7, 11) is -8.04. The normalized spacial score (nSPS) is 12.5. The van der Waals surface area contributed by atoms with Gasteiger partial charge in [-0.25, -0.2) is 0 Å². The van der Waals surface area contributed by atoms with Crippen LogP contribution in [0.1, 0.15) is 24.0 Å². The first-order valence-electron chi connectivity index (χ1n) is 13.5. The van der Waals surface area contributed by atoms with Crippen molar-refractivity contribution in [1.82, 2.24) is 4.57 Å². The van der Waals surface area contributed by atoms with Crippen LogP contribution in [0, 0.1) is 19.8 Å². The predicted molar refractivity (Wildman–Crippen MR) is 161 cm³/mol. The maximum atomic E-state index is 12.9. The Hall–Kier alpha value is -3.50. The van der Waals surface area contributed by atoms with Gasteiger partial charge in [0.15, 0.2) is 0 Å². The van der Waals surface area contributed by atoms with Crippen LogP contribution < -0.4 is 0 Å². The van der Waals surface area contributed by atoms with E-state index in [0.29, 0.717) is 19.4 Å². The molecule has 0 fully saturated rings. The Morgan fingerprint density at radius 2 is 1.02 bits per heavy atom. The molecule has 0 aliphatic rings. The fourth-order valence-electron chi connectivity index (χ4n) is 4.91. The van der Waals surface area contributed by atoms with Crippen LogP contribution in [-0.2, 0) is 35.1 Å². The molecule has 0 saturated heterocycles. The van der Waals surface area contributed by atoms with Crippen LogP contribution in [-0.4, -0.2) is 34.6 Å². The molecule has 1 aromatic heterocycles. The van der Waals surface area contributed by atoms with E-state index in [9.17, 15) is 16.8 Å². The van der Waals surface area contributed by atoms with Gasteiger partial charge in [-0.05, 0) is 63.1 Å². The van der Waals surface area contributed by atoms with Crippen LogP contribution in [0.2, 0.25) is 0 Å². The molecule has 0 atom stereocenters. The lowest BCUT2D eigenvalue weighted by Gasteiger charge is -2.18.